The van der Waals surface area contributed by atoms with E-state index in [1.54, 1.807) is 12.1 Å². The Kier molecular flexibility index (Phi) is 3.93. The number of halogens is 1. The predicted octanol–water partition coefficient (Wildman–Crippen LogP) is 3.76. The van der Waals surface area contributed by atoms with Gasteiger partial charge in [0.1, 0.15) is 11.6 Å². The van der Waals surface area contributed by atoms with Crippen molar-refractivity contribution in [3.8, 4) is 0 Å². The number of rotatable bonds is 3. The largest absolute Gasteiger partial charge is 0.299 e. The Labute approximate surface area is 102 Å². The van der Waals surface area contributed by atoms with Crippen molar-refractivity contribution in [2.45, 2.75) is 39.0 Å². The summed E-state index contributed by atoms with van der Waals surface area (Å²) in [5.74, 6) is 0.929. The minimum absolute atomic E-state index is 0.107. The average molecular weight is 234 g/mol. The van der Waals surface area contributed by atoms with Crippen LogP contribution in [0.15, 0.2) is 24.3 Å². The van der Waals surface area contributed by atoms with E-state index in [-0.39, 0.29) is 11.7 Å². The first-order valence-electron chi connectivity index (χ1n) is 6.46. The first-order valence-corrected chi connectivity index (χ1v) is 6.46. The van der Waals surface area contributed by atoms with E-state index >= 15 is 0 Å². The summed E-state index contributed by atoms with van der Waals surface area (Å²) >= 11 is 0. The molecule has 2 heteroatoms. The molecule has 1 aromatic rings. The third-order valence-corrected chi connectivity index (χ3v) is 3.82. The third-order valence-electron chi connectivity index (χ3n) is 3.82. The van der Waals surface area contributed by atoms with Crippen molar-refractivity contribution in [3.63, 3.8) is 0 Å². The molecule has 1 aliphatic carbocycles. The Bertz CT molecular complexity index is 400. The Morgan fingerprint density at radius 1 is 1.41 bits per heavy atom. The topological polar surface area (TPSA) is 17.1 Å². The molecule has 1 aromatic carbocycles. The van der Waals surface area contributed by atoms with E-state index < -0.39 is 0 Å². The molecule has 0 heterocycles. The van der Waals surface area contributed by atoms with Crippen LogP contribution in [-0.4, -0.2) is 5.78 Å². The van der Waals surface area contributed by atoms with Gasteiger partial charge in [-0.25, -0.2) is 4.39 Å². The summed E-state index contributed by atoms with van der Waals surface area (Å²) in [4.78, 5) is 11.9. The molecule has 0 bridgehead atoms. The molecule has 2 unspecified atom stereocenters. The molecule has 0 aliphatic heterocycles. The van der Waals surface area contributed by atoms with Gasteiger partial charge >= 0.3 is 0 Å². The fourth-order valence-electron chi connectivity index (χ4n) is 2.72. The molecule has 2 atom stereocenters. The second-order valence-corrected chi connectivity index (χ2v) is 5.05. The lowest BCUT2D eigenvalue weighted by atomic mass is 9.77. The van der Waals surface area contributed by atoms with E-state index in [2.05, 4.69) is 6.92 Å². The van der Waals surface area contributed by atoms with E-state index in [1.165, 1.54) is 6.07 Å². The molecule has 0 spiro atoms. The summed E-state index contributed by atoms with van der Waals surface area (Å²) in [5.41, 5.74) is 0.945. The summed E-state index contributed by atoms with van der Waals surface area (Å²) in [6.07, 6.45) is 4.57. The average Bonchev–Trinajstić information content (AvgIpc) is 2.32. The van der Waals surface area contributed by atoms with Gasteiger partial charge in [-0.1, -0.05) is 25.5 Å². The molecule has 0 aromatic heterocycles. The van der Waals surface area contributed by atoms with Crippen LogP contribution >= 0.6 is 0 Å². The van der Waals surface area contributed by atoms with Gasteiger partial charge < -0.3 is 0 Å². The van der Waals surface area contributed by atoms with Gasteiger partial charge in [0.25, 0.3) is 0 Å². The molecule has 0 radical (unpaired) electrons. The summed E-state index contributed by atoms with van der Waals surface area (Å²) in [7, 11) is 0. The van der Waals surface area contributed by atoms with E-state index in [4.69, 9.17) is 0 Å². The first kappa shape index (κ1) is 12.3. The highest BCUT2D eigenvalue weighted by molar-refractivity contribution is 5.82. The number of carbonyl (C=O) groups is 1. The summed E-state index contributed by atoms with van der Waals surface area (Å²) in [6, 6.07) is 6.62. The Morgan fingerprint density at radius 2 is 2.24 bits per heavy atom. The van der Waals surface area contributed by atoms with Gasteiger partial charge in [0.05, 0.1) is 0 Å². The molecule has 0 N–H and O–H groups in total. The molecule has 1 fully saturated rings. The summed E-state index contributed by atoms with van der Waals surface area (Å²) in [6.45, 7) is 2.18. The molecular weight excluding hydrogens is 215 g/mol. The number of hydrogen-bond donors (Lipinski definition) is 0. The van der Waals surface area contributed by atoms with Gasteiger partial charge in [0, 0.05) is 12.3 Å². The Morgan fingerprint density at radius 3 is 2.94 bits per heavy atom. The maximum Gasteiger partial charge on any atom is 0.136 e. The number of benzene rings is 1. The van der Waals surface area contributed by atoms with Crippen molar-refractivity contribution < 1.29 is 9.18 Å². The quantitative estimate of drug-likeness (QED) is 0.778. The highest BCUT2D eigenvalue weighted by atomic mass is 19.1. The fraction of sp³-hybridized carbons (Fsp3) is 0.533. The van der Waals surface area contributed by atoms with Crippen LogP contribution in [0, 0.1) is 17.7 Å². The normalized spacial score (nSPS) is 24.9. The SMILES string of the molecule is CCC1CCC(=O)C(Cc2cccc(F)c2)C1. The number of hydrogen-bond acceptors (Lipinski definition) is 1. The second kappa shape index (κ2) is 5.44. The van der Waals surface area contributed by atoms with Crippen molar-refractivity contribution in [1.82, 2.24) is 0 Å². The van der Waals surface area contributed by atoms with Gasteiger partial charge in [-0.15, -0.1) is 0 Å². The third kappa shape index (κ3) is 3.15. The van der Waals surface area contributed by atoms with Crippen molar-refractivity contribution in [2.75, 3.05) is 0 Å². The molecule has 17 heavy (non-hydrogen) atoms. The monoisotopic (exact) mass is 234 g/mol. The van der Waals surface area contributed by atoms with E-state index in [9.17, 15) is 9.18 Å². The summed E-state index contributed by atoms with van der Waals surface area (Å²) < 4.78 is 13.1. The molecule has 0 amide bonds. The zero-order valence-electron chi connectivity index (χ0n) is 10.3. The zero-order chi connectivity index (χ0) is 12.3. The number of ketones is 1. The fourth-order valence-corrected chi connectivity index (χ4v) is 2.72. The lowest BCUT2D eigenvalue weighted by molar-refractivity contribution is -0.125. The standard InChI is InChI=1S/C15H19FO/c1-2-11-6-7-15(17)13(8-11)9-12-4-3-5-14(16)10-12/h3-5,10-11,13H,2,6-9H2,1H3. The van der Waals surface area contributed by atoms with Crippen LogP contribution < -0.4 is 0 Å². The number of Topliss-reactive ketones (excluding diaryl/α,β-unsaturated/α-hetero) is 1. The smallest absolute Gasteiger partial charge is 0.136 e. The van der Waals surface area contributed by atoms with Gasteiger partial charge in [0.15, 0.2) is 0 Å². The Hall–Kier alpha value is -1.18. The molecular formula is C15H19FO. The van der Waals surface area contributed by atoms with Crippen LogP contribution in [0.4, 0.5) is 4.39 Å². The maximum atomic E-state index is 13.1. The van der Waals surface area contributed by atoms with E-state index in [0.29, 0.717) is 24.5 Å². The van der Waals surface area contributed by atoms with Gasteiger partial charge in [-0.3, -0.25) is 4.79 Å². The minimum atomic E-state index is -0.210. The molecule has 1 aliphatic rings. The lowest BCUT2D eigenvalue weighted by Crippen LogP contribution is -2.26. The van der Waals surface area contributed by atoms with Gasteiger partial charge in [0.2, 0.25) is 0 Å². The van der Waals surface area contributed by atoms with Crippen molar-refractivity contribution in [2.24, 2.45) is 11.8 Å². The highest BCUT2D eigenvalue weighted by Gasteiger charge is 2.27. The van der Waals surface area contributed by atoms with Crippen LogP contribution in [0.5, 0.6) is 0 Å². The zero-order valence-corrected chi connectivity index (χ0v) is 10.3. The van der Waals surface area contributed by atoms with Crippen molar-refractivity contribution >= 4 is 5.78 Å². The van der Waals surface area contributed by atoms with E-state index in [0.717, 1.165) is 24.8 Å². The molecule has 2 rings (SSSR count). The van der Waals surface area contributed by atoms with Gasteiger partial charge in [-0.05, 0) is 42.9 Å². The van der Waals surface area contributed by atoms with Crippen LogP contribution in [0.2, 0.25) is 0 Å². The molecule has 92 valence electrons. The minimum Gasteiger partial charge on any atom is -0.299 e. The second-order valence-electron chi connectivity index (χ2n) is 5.05. The van der Waals surface area contributed by atoms with Crippen molar-refractivity contribution in [3.05, 3.63) is 35.6 Å². The Balaban J connectivity index is 2.04. The predicted molar refractivity (Wildman–Crippen MR) is 66.2 cm³/mol. The molecule has 1 nitrogen and oxygen atoms in total. The van der Waals surface area contributed by atoms with Gasteiger partial charge in [-0.2, -0.15) is 0 Å². The number of carbonyl (C=O) groups excluding carboxylic acids is 1. The van der Waals surface area contributed by atoms with Crippen LogP contribution in [-0.2, 0) is 11.2 Å². The maximum absolute atomic E-state index is 13.1. The molecule has 1 saturated carbocycles. The van der Waals surface area contributed by atoms with Crippen molar-refractivity contribution in [1.29, 1.82) is 0 Å². The summed E-state index contributed by atoms with van der Waals surface area (Å²) in [5, 5.41) is 0. The first-order chi connectivity index (χ1) is 8.19. The lowest BCUT2D eigenvalue weighted by Gasteiger charge is -2.27. The van der Waals surface area contributed by atoms with Crippen LogP contribution in [0.1, 0.15) is 38.2 Å². The van der Waals surface area contributed by atoms with Crippen LogP contribution in [0.25, 0.3) is 0 Å². The molecule has 0 saturated heterocycles. The highest BCUT2D eigenvalue weighted by Crippen LogP contribution is 2.30. The van der Waals surface area contributed by atoms with Crippen LogP contribution in [0.3, 0.4) is 0 Å². The van der Waals surface area contributed by atoms with E-state index in [1.807, 2.05) is 6.07 Å².